The van der Waals surface area contributed by atoms with Gasteiger partial charge in [-0.15, -0.1) is 0 Å². The van der Waals surface area contributed by atoms with E-state index in [2.05, 4.69) is 11.4 Å². The van der Waals surface area contributed by atoms with Crippen LogP contribution in [0.25, 0.3) is 0 Å². The van der Waals surface area contributed by atoms with E-state index in [1.165, 1.54) is 0 Å². The Morgan fingerprint density at radius 1 is 1.40 bits per heavy atom. The lowest BCUT2D eigenvalue weighted by Gasteiger charge is -2.19. The normalized spacial score (nSPS) is 10.5. The lowest BCUT2D eigenvalue weighted by atomic mass is 10.2. The minimum atomic E-state index is -0.532. The Balaban J connectivity index is 2.51. The maximum Gasteiger partial charge on any atom is 0.412 e. The molecule has 0 aromatic heterocycles. The van der Waals surface area contributed by atoms with Crippen LogP contribution in [0.2, 0.25) is 0 Å². The molecule has 1 rings (SSSR count). The van der Waals surface area contributed by atoms with Crippen LogP contribution in [0.3, 0.4) is 0 Å². The summed E-state index contributed by atoms with van der Waals surface area (Å²) in [5.74, 6) is 0.650. The number of unbranched alkanes of at least 4 members (excludes halogenated alkanes) is 1. The molecule has 0 aliphatic heterocycles. The molecule has 0 aliphatic carbocycles. The number of hydrogen-bond acceptors (Lipinski definition) is 4. The van der Waals surface area contributed by atoms with Crippen molar-refractivity contribution in [1.82, 2.24) is 0 Å². The molecular weight excluding hydrogens is 256 g/mol. The Bertz CT molecular complexity index is 487. The zero-order chi connectivity index (χ0) is 15.0. The highest BCUT2D eigenvalue weighted by atomic mass is 16.6. The number of carbonyl (C=O) groups is 1. The average molecular weight is 276 g/mol. The molecule has 0 aliphatic rings. The van der Waals surface area contributed by atoms with E-state index in [1.807, 2.05) is 0 Å². The van der Waals surface area contributed by atoms with Crippen molar-refractivity contribution < 1.29 is 14.3 Å². The number of rotatable bonds is 5. The molecule has 1 aromatic rings. The largest absolute Gasteiger partial charge is 0.493 e. The highest BCUT2D eigenvalue weighted by Crippen LogP contribution is 2.18. The van der Waals surface area contributed by atoms with Gasteiger partial charge in [0.15, 0.2) is 0 Å². The maximum absolute atomic E-state index is 11.6. The van der Waals surface area contributed by atoms with Crippen LogP contribution in [-0.2, 0) is 4.74 Å². The van der Waals surface area contributed by atoms with Crippen molar-refractivity contribution in [2.24, 2.45) is 0 Å². The molecule has 0 bridgehead atoms. The van der Waals surface area contributed by atoms with Gasteiger partial charge in [-0.05, 0) is 39.3 Å². The molecule has 0 saturated carbocycles. The summed E-state index contributed by atoms with van der Waals surface area (Å²) in [6.45, 7) is 5.90. The predicted molar refractivity (Wildman–Crippen MR) is 76.6 cm³/mol. The van der Waals surface area contributed by atoms with E-state index >= 15 is 0 Å². The number of ether oxygens (including phenoxy) is 2. The SMILES string of the molecule is CC(C)(C)OC(=O)Nc1cccc(OCCCC#N)c1. The molecule has 0 radical (unpaired) electrons. The topological polar surface area (TPSA) is 71.3 Å². The van der Waals surface area contributed by atoms with Gasteiger partial charge in [-0.25, -0.2) is 4.79 Å². The summed E-state index contributed by atoms with van der Waals surface area (Å²) in [6.07, 6.45) is 0.648. The first-order valence-corrected chi connectivity index (χ1v) is 6.50. The van der Waals surface area contributed by atoms with E-state index in [0.29, 0.717) is 30.9 Å². The van der Waals surface area contributed by atoms with Gasteiger partial charge in [0.05, 0.1) is 12.7 Å². The first-order valence-electron chi connectivity index (χ1n) is 6.50. The zero-order valence-electron chi connectivity index (χ0n) is 12.1. The third kappa shape index (κ3) is 6.64. The first kappa shape index (κ1) is 15.8. The van der Waals surface area contributed by atoms with Gasteiger partial charge >= 0.3 is 6.09 Å². The number of nitriles is 1. The van der Waals surface area contributed by atoms with Crippen molar-refractivity contribution in [2.45, 2.75) is 39.2 Å². The number of benzene rings is 1. The van der Waals surface area contributed by atoms with Gasteiger partial charge in [-0.2, -0.15) is 5.26 Å². The van der Waals surface area contributed by atoms with Gasteiger partial charge in [0.1, 0.15) is 11.4 Å². The average Bonchev–Trinajstić information content (AvgIpc) is 2.32. The van der Waals surface area contributed by atoms with Crippen molar-refractivity contribution in [2.75, 3.05) is 11.9 Å². The summed E-state index contributed by atoms with van der Waals surface area (Å²) in [4.78, 5) is 11.6. The summed E-state index contributed by atoms with van der Waals surface area (Å²) in [6, 6.07) is 9.12. The summed E-state index contributed by atoms with van der Waals surface area (Å²) in [5.41, 5.74) is 0.0761. The van der Waals surface area contributed by atoms with Crippen molar-refractivity contribution in [3.8, 4) is 11.8 Å². The van der Waals surface area contributed by atoms with Crippen molar-refractivity contribution >= 4 is 11.8 Å². The van der Waals surface area contributed by atoms with E-state index in [1.54, 1.807) is 45.0 Å². The minimum absolute atomic E-state index is 0.468. The molecule has 108 valence electrons. The third-order valence-electron chi connectivity index (χ3n) is 2.18. The van der Waals surface area contributed by atoms with E-state index in [4.69, 9.17) is 14.7 Å². The molecule has 0 atom stereocenters. The second kappa shape index (κ2) is 7.39. The standard InChI is InChI=1S/C15H20N2O3/c1-15(2,3)20-14(18)17-12-7-6-8-13(11-12)19-10-5-4-9-16/h6-8,11H,4-5,10H2,1-3H3,(H,17,18). The highest BCUT2D eigenvalue weighted by Gasteiger charge is 2.16. The van der Waals surface area contributed by atoms with Crippen molar-refractivity contribution in [3.63, 3.8) is 0 Å². The van der Waals surface area contributed by atoms with Crippen molar-refractivity contribution in [3.05, 3.63) is 24.3 Å². The van der Waals surface area contributed by atoms with Gasteiger partial charge in [0, 0.05) is 18.2 Å². The van der Waals surface area contributed by atoms with E-state index in [9.17, 15) is 4.79 Å². The molecular formula is C15H20N2O3. The number of nitrogens with one attached hydrogen (secondary N) is 1. The Morgan fingerprint density at radius 2 is 2.15 bits per heavy atom. The van der Waals surface area contributed by atoms with Crippen LogP contribution >= 0.6 is 0 Å². The van der Waals surface area contributed by atoms with Gasteiger partial charge in [-0.1, -0.05) is 6.07 Å². The fraction of sp³-hybridized carbons (Fsp3) is 0.467. The van der Waals surface area contributed by atoms with Gasteiger partial charge in [0.2, 0.25) is 0 Å². The van der Waals surface area contributed by atoms with Crippen LogP contribution in [0.1, 0.15) is 33.6 Å². The van der Waals surface area contributed by atoms with Crippen LogP contribution in [0.5, 0.6) is 5.75 Å². The molecule has 1 aromatic carbocycles. The number of nitrogens with zero attached hydrogens (tertiary/aromatic N) is 1. The minimum Gasteiger partial charge on any atom is -0.493 e. The molecule has 0 spiro atoms. The monoisotopic (exact) mass is 276 g/mol. The summed E-state index contributed by atoms with van der Waals surface area (Å²) < 4.78 is 10.7. The maximum atomic E-state index is 11.6. The number of carbonyl (C=O) groups excluding carboxylic acids is 1. The molecule has 5 nitrogen and oxygen atoms in total. The predicted octanol–water partition coefficient (Wildman–Crippen LogP) is 3.72. The number of amides is 1. The van der Waals surface area contributed by atoms with Crippen LogP contribution in [0.4, 0.5) is 10.5 Å². The fourth-order valence-corrected chi connectivity index (χ4v) is 1.43. The zero-order valence-corrected chi connectivity index (χ0v) is 12.1. The van der Waals surface area contributed by atoms with Crippen LogP contribution in [-0.4, -0.2) is 18.3 Å². The Morgan fingerprint density at radius 3 is 2.80 bits per heavy atom. The quantitative estimate of drug-likeness (QED) is 0.832. The fourth-order valence-electron chi connectivity index (χ4n) is 1.43. The van der Waals surface area contributed by atoms with Gasteiger partial charge < -0.3 is 9.47 Å². The molecule has 0 fully saturated rings. The molecule has 5 heteroatoms. The van der Waals surface area contributed by atoms with E-state index < -0.39 is 11.7 Å². The molecule has 0 unspecified atom stereocenters. The Hall–Kier alpha value is -2.22. The number of anilines is 1. The van der Waals surface area contributed by atoms with Gasteiger partial charge in [-0.3, -0.25) is 5.32 Å². The summed E-state index contributed by atoms with van der Waals surface area (Å²) in [5, 5.41) is 11.1. The molecule has 0 heterocycles. The molecule has 1 N–H and O–H groups in total. The van der Waals surface area contributed by atoms with E-state index in [0.717, 1.165) is 0 Å². The van der Waals surface area contributed by atoms with Crippen LogP contribution in [0, 0.1) is 11.3 Å². The summed E-state index contributed by atoms with van der Waals surface area (Å²) in [7, 11) is 0. The lowest BCUT2D eigenvalue weighted by Crippen LogP contribution is -2.27. The van der Waals surface area contributed by atoms with Crippen LogP contribution < -0.4 is 10.1 Å². The van der Waals surface area contributed by atoms with Gasteiger partial charge in [0.25, 0.3) is 0 Å². The summed E-state index contributed by atoms with van der Waals surface area (Å²) >= 11 is 0. The number of hydrogen-bond donors (Lipinski definition) is 1. The van der Waals surface area contributed by atoms with E-state index in [-0.39, 0.29) is 0 Å². The molecule has 0 saturated heterocycles. The van der Waals surface area contributed by atoms with Crippen molar-refractivity contribution in [1.29, 1.82) is 5.26 Å². The highest BCUT2D eigenvalue weighted by molar-refractivity contribution is 5.85. The third-order valence-corrected chi connectivity index (χ3v) is 2.18. The Kier molecular flexibility index (Phi) is 5.85. The lowest BCUT2D eigenvalue weighted by molar-refractivity contribution is 0.0636. The smallest absolute Gasteiger partial charge is 0.412 e. The van der Waals surface area contributed by atoms with Crippen LogP contribution in [0.15, 0.2) is 24.3 Å². The molecule has 20 heavy (non-hydrogen) atoms. The Labute approximate surface area is 119 Å². The second-order valence-electron chi connectivity index (χ2n) is 5.26. The molecule has 1 amide bonds. The first-order chi connectivity index (χ1) is 9.40. The second-order valence-corrected chi connectivity index (χ2v) is 5.26.